The number of piperazine rings is 1. The normalized spacial score (nSPS) is 19.0. The zero-order chi connectivity index (χ0) is 18.6. The van der Waals surface area contributed by atoms with Crippen molar-refractivity contribution in [3.63, 3.8) is 0 Å². The second-order valence-electron chi connectivity index (χ2n) is 6.64. The highest BCUT2D eigenvalue weighted by Gasteiger charge is 2.26. The van der Waals surface area contributed by atoms with Gasteiger partial charge in [0.25, 0.3) is 0 Å². The van der Waals surface area contributed by atoms with E-state index in [1.807, 2.05) is 0 Å². The lowest BCUT2D eigenvalue weighted by Gasteiger charge is -2.31. The smallest absolute Gasteiger partial charge is 0.228 e. The molecule has 4 rings (SSSR count). The minimum atomic E-state index is -0.727. The maximum atomic E-state index is 11.8. The summed E-state index contributed by atoms with van der Waals surface area (Å²) in [5.41, 5.74) is 1.64. The maximum Gasteiger partial charge on any atom is 0.228 e. The van der Waals surface area contributed by atoms with Crippen LogP contribution in [-0.4, -0.2) is 81.0 Å². The van der Waals surface area contributed by atoms with Gasteiger partial charge in [-0.25, -0.2) is 15.0 Å². The lowest BCUT2D eigenvalue weighted by Crippen LogP contribution is -2.45. The Labute approximate surface area is 166 Å². The fourth-order valence-electron chi connectivity index (χ4n) is 3.28. The highest BCUT2D eigenvalue weighted by atomic mass is 32.2. The summed E-state index contributed by atoms with van der Waals surface area (Å²) in [4.78, 5) is 23.2. The molecule has 0 aromatic carbocycles. The zero-order valence-electron chi connectivity index (χ0n) is 15.6. The highest BCUT2D eigenvalue weighted by Crippen LogP contribution is 2.31. The molecular weight excluding hydrogens is 382 g/mol. The van der Waals surface area contributed by atoms with Crippen LogP contribution >= 0.6 is 11.8 Å². The van der Waals surface area contributed by atoms with E-state index in [-0.39, 0.29) is 0 Å². The van der Waals surface area contributed by atoms with Gasteiger partial charge in [-0.1, -0.05) is 18.1 Å². The first kappa shape index (κ1) is 19.0. The topological polar surface area (TPSA) is 93.1 Å². The van der Waals surface area contributed by atoms with Gasteiger partial charge in [0.1, 0.15) is 33.9 Å². The fraction of sp³-hybridized carbons (Fsp3) is 0.647. The number of hydrogen-bond acceptors (Lipinski definition) is 9. The van der Waals surface area contributed by atoms with E-state index in [1.165, 1.54) is 0 Å². The molecule has 0 spiro atoms. The third-order valence-corrected chi connectivity index (χ3v) is 7.20. The summed E-state index contributed by atoms with van der Waals surface area (Å²) in [6.07, 6.45) is 2.69. The fourth-order valence-corrected chi connectivity index (χ4v) is 5.13. The summed E-state index contributed by atoms with van der Waals surface area (Å²) >= 11 is 0.994. The van der Waals surface area contributed by atoms with E-state index in [2.05, 4.69) is 32.0 Å². The van der Waals surface area contributed by atoms with Crippen LogP contribution in [0.25, 0.3) is 11.0 Å². The molecule has 0 saturated carbocycles. The molecule has 2 aromatic rings. The van der Waals surface area contributed by atoms with Crippen LogP contribution in [0.2, 0.25) is 0 Å². The lowest BCUT2D eigenvalue weighted by atomic mass is 10.3. The Balaban J connectivity index is 1.78. The van der Waals surface area contributed by atoms with Crippen molar-refractivity contribution in [2.24, 2.45) is 0 Å². The van der Waals surface area contributed by atoms with Crippen LogP contribution in [0.15, 0.2) is 11.4 Å². The Bertz CT molecular complexity index is 779. The first-order valence-corrected chi connectivity index (χ1v) is 11.9. The Morgan fingerprint density at radius 1 is 1.07 bits per heavy atom. The molecule has 2 aromatic heterocycles. The minimum absolute atomic E-state index is 0.678. The molecule has 1 N–H and O–H groups in total. The molecule has 27 heavy (non-hydrogen) atoms. The molecule has 0 radical (unpaired) electrons. The van der Waals surface area contributed by atoms with Gasteiger partial charge in [-0.2, -0.15) is 4.98 Å². The first-order chi connectivity index (χ1) is 13.3. The average molecular weight is 408 g/mol. The van der Waals surface area contributed by atoms with Crippen molar-refractivity contribution in [2.45, 2.75) is 18.4 Å². The number of rotatable bonds is 5. The molecule has 0 aliphatic carbocycles. The summed E-state index contributed by atoms with van der Waals surface area (Å²) < 4.78 is 11.8. The summed E-state index contributed by atoms with van der Waals surface area (Å²) in [6, 6.07) is 0. The van der Waals surface area contributed by atoms with E-state index >= 15 is 0 Å². The van der Waals surface area contributed by atoms with Crippen LogP contribution < -0.4 is 15.1 Å². The first-order valence-electron chi connectivity index (χ1n) is 9.47. The predicted octanol–water partition coefficient (Wildman–Crippen LogP) is 0.900. The molecule has 10 heteroatoms. The van der Waals surface area contributed by atoms with E-state index in [0.29, 0.717) is 11.5 Å². The van der Waals surface area contributed by atoms with Gasteiger partial charge in [0, 0.05) is 26.2 Å². The third kappa shape index (κ3) is 4.23. The van der Waals surface area contributed by atoms with Crippen molar-refractivity contribution >= 4 is 45.7 Å². The molecule has 2 aliphatic rings. The second kappa shape index (κ2) is 8.76. The quantitative estimate of drug-likeness (QED) is 0.441. The van der Waals surface area contributed by atoms with Gasteiger partial charge in [0.05, 0.1) is 13.1 Å². The van der Waals surface area contributed by atoms with E-state index in [9.17, 15) is 4.55 Å². The van der Waals surface area contributed by atoms with E-state index in [1.54, 1.807) is 18.1 Å². The van der Waals surface area contributed by atoms with Gasteiger partial charge in [-0.15, -0.1) is 11.8 Å². The van der Waals surface area contributed by atoms with Gasteiger partial charge in [0.15, 0.2) is 5.82 Å². The number of thioether (sulfide) groups is 1. The SMILES string of the molecule is CCCSc1ncnc2c(N3CC[S+]([O-])CC3)nc(N3CCNCC3)nc12. The van der Waals surface area contributed by atoms with E-state index in [0.717, 1.165) is 79.3 Å². The Morgan fingerprint density at radius 2 is 1.85 bits per heavy atom. The number of aromatic nitrogens is 4. The molecule has 4 heterocycles. The number of hydrogen-bond donors (Lipinski definition) is 1. The van der Waals surface area contributed by atoms with Gasteiger partial charge in [0.2, 0.25) is 5.95 Å². The van der Waals surface area contributed by atoms with Crippen LogP contribution in [-0.2, 0) is 11.2 Å². The zero-order valence-corrected chi connectivity index (χ0v) is 17.2. The van der Waals surface area contributed by atoms with Gasteiger partial charge < -0.3 is 19.7 Å². The van der Waals surface area contributed by atoms with Crippen LogP contribution in [0, 0.1) is 0 Å². The molecule has 0 atom stereocenters. The maximum absolute atomic E-state index is 11.8. The molecule has 146 valence electrons. The monoisotopic (exact) mass is 407 g/mol. The van der Waals surface area contributed by atoms with Crippen LogP contribution in [0.4, 0.5) is 11.8 Å². The molecule has 2 saturated heterocycles. The number of anilines is 2. The van der Waals surface area contributed by atoms with Crippen molar-refractivity contribution in [1.29, 1.82) is 0 Å². The molecule has 0 amide bonds. The average Bonchev–Trinajstić information content (AvgIpc) is 2.72. The van der Waals surface area contributed by atoms with Crippen LogP contribution in [0.1, 0.15) is 13.3 Å². The Kier molecular flexibility index (Phi) is 6.16. The lowest BCUT2D eigenvalue weighted by molar-refractivity contribution is 0.578. The second-order valence-corrected chi connectivity index (χ2v) is 9.42. The van der Waals surface area contributed by atoms with Crippen molar-refractivity contribution in [2.75, 3.05) is 66.3 Å². The Morgan fingerprint density at radius 3 is 2.59 bits per heavy atom. The molecule has 0 bridgehead atoms. The summed E-state index contributed by atoms with van der Waals surface area (Å²) in [5.74, 6) is 3.95. The number of nitrogens with one attached hydrogen (secondary N) is 1. The van der Waals surface area contributed by atoms with Crippen LogP contribution in [0.3, 0.4) is 0 Å². The molecular formula is C17H25N7OS2. The standard InChI is InChI=1S/C17H25N7OS2/c1-2-9-26-16-14-13(19-12-20-16)15(23-7-10-27(25)11-8-23)22-17(21-14)24-5-3-18-4-6-24/h12,18H,2-11H2,1H3. The van der Waals surface area contributed by atoms with Crippen molar-refractivity contribution in [3.05, 3.63) is 6.33 Å². The summed E-state index contributed by atoms with van der Waals surface area (Å²) in [6.45, 7) is 7.28. The van der Waals surface area contributed by atoms with E-state index in [4.69, 9.17) is 9.97 Å². The van der Waals surface area contributed by atoms with Crippen molar-refractivity contribution in [1.82, 2.24) is 25.3 Å². The highest BCUT2D eigenvalue weighted by molar-refractivity contribution is 7.99. The molecule has 8 nitrogen and oxygen atoms in total. The molecule has 0 unspecified atom stereocenters. The third-order valence-electron chi connectivity index (χ3n) is 4.74. The van der Waals surface area contributed by atoms with Gasteiger partial charge >= 0.3 is 0 Å². The van der Waals surface area contributed by atoms with E-state index < -0.39 is 11.2 Å². The predicted molar refractivity (Wildman–Crippen MR) is 111 cm³/mol. The number of fused-ring (bicyclic) bond motifs is 1. The molecule has 2 fully saturated rings. The largest absolute Gasteiger partial charge is 0.616 e. The van der Waals surface area contributed by atoms with Crippen LogP contribution in [0.5, 0.6) is 0 Å². The van der Waals surface area contributed by atoms with Gasteiger partial charge in [-0.05, 0) is 12.2 Å². The van der Waals surface area contributed by atoms with Crippen molar-refractivity contribution in [3.8, 4) is 0 Å². The van der Waals surface area contributed by atoms with Gasteiger partial charge in [-0.3, -0.25) is 0 Å². The summed E-state index contributed by atoms with van der Waals surface area (Å²) in [5, 5.41) is 4.29. The minimum Gasteiger partial charge on any atom is -0.616 e. The number of nitrogens with zero attached hydrogens (tertiary/aromatic N) is 6. The Hall–Kier alpha value is -1.36. The molecule has 2 aliphatic heterocycles. The van der Waals surface area contributed by atoms with Crippen molar-refractivity contribution < 1.29 is 4.55 Å². The summed E-state index contributed by atoms with van der Waals surface area (Å²) in [7, 11) is 0.